The second-order valence-corrected chi connectivity index (χ2v) is 9.17. The number of fused-ring (bicyclic) bond motifs is 1. The Labute approximate surface area is 209 Å². The Balaban J connectivity index is 1.45. The van der Waals surface area contributed by atoms with Gasteiger partial charge in [0.05, 0.1) is 27.4 Å². The lowest BCUT2D eigenvalue weighted by molar-refractivity contribution is 0.0993. The Hall–Kier alpha value is -3.32. The smallest absolute Gasteiger partial charge is 0.266 e. The average Bonchev–Trinajstić information content (AvgIpc) is 3.33. The van der Waals surface area contributed by atoms with Crippen molar-refractivity contribution in [1.82, 2.24) is 9.55 Å². The fourth-order valence-corrected chi connectivity index (χ4v) is 4.92. The molecule has 0 atom stereocenters. The van der Waals surface area contributed by atoms with Crippen molar-refractivity contribution in [2.75, 3.05) is 5.75 Å². The molecule has 8 heteroatoms. The molecule has 0 unspecified atom stereocenters. The monoisotopic (exact) mass is 506 g/mol. The molecule has 0 radical (unpaired) electrons. The minimum absolute atomic E-state index is 0.0406. The van der Waals surface area contributed by atoms with E-state index in [0.717, 1.165) is 0 Å². The van der Waals surface area contributed by atoms with Crippen molar-refractivity contribution in [2.45, 2.75) is 5.16 Å². The number of aromatic nitrogens is 2. The van der Waals surface area contributed by atoms with Gasteiger partial charge in [0.2, 0.25) is 5.78 Å². The molecule has 0 bridgehead atoms. The summed E-state index contributed by atoms with van der Waals surface area (Å²) in [6.45, 7) is 0. The van der Waals surface area contributed by atoms with E-state index in [1.54, 1.807) is 48.5 Å². The maximum absolute atomic E-state index is 13.3. The van der Waals surface area contributed by atoms with Crippen molar-refractivity contribution in [1.29, 1.82) is 0 Å². The number of rotatable bonds is 6. The first-order chi connectivity index (χ1) is 16.5. The molecule has 34 heavy (non-hydrogen) atoms. The van der Waals surface area contributed by atoms with Gasteiger partial charge in [0.15, 0.2) is 10.9 Å². The third-order valence-electron chi connectivity index (χ3n) is 5.17. The fourth-order valence-electron chi connectivity index (χ4n) is 3.54. The quantitative estimate of drug-likeness (QED) is 0.142. The van der Waals surface area contributed by atoms with Gasteiger partial charge in [-0.05, 0) is 54.6 Å². The molecule has 0 N–H and O–H groups in total. The summed E-state index contributed by atoms with van der Waals surface area (Å²) in [4.78, 5) is 30.8. The Morgan fingerprint density at radius 1 is 0.941 bits per heavy atom. The van der Waals surface area contributed by atoms with Gasteiger partial charge in [-0.25, -0.2) is 4.98 Å². The predicted molar refractivity (Wildman–Crippen MR) is 137 cm³/mol. The lowest BCUT2D eigenvalue weighted by Gasteiger charge is -2.12. The highest BCUT2D eigenvalue weighted by Crippen LogP contribution is 2.32. The van der Waals surface area contributed by atoms with Crippen LogP contribution in [0.1, 0.15) is 10.6 Å². The number of hydrogen-bond donors (Lipinski definition) is 0. The maximum atomic E-state index is 13.3. The zero-order valence-electron chi connectivity index (χ0n) is 17.6. The minimum Gasteiger partial charge on any atom is -0.453 e. The molecule has 2 heterocycles. The molecule has 168 valence electrons. The molecule has 5 nitrogen and oxygen atoms in total. The van der Waals surface area contributed by atoms with Gasteiger partial charge in [0, 0.05) is 10.6 Å². The molecule has 5 aromatic rings. The van der Waals surface area contributed by atoms with Crippen molar-refractivity contribution < 1.29 is 9.21 Å². The summed E-state index contributed by atoms with van der Waals surface area (Å²) in [7, 11) is 0. The third-order valence-corrected chi connectivity index (χ3v) is 6.66. The average molecular weight is 507 g/mol. The number of halogens is 2. The zero-order valence-corrected chi connectivity index (χ0v) is 19.9. The highest BCUT2D eigenvalue weighted by Gasteiger charge is 2.18. The number of para-hydroxylation sites is 2. The van der Waals surface area contributed by atoms with E-state index < -0.39 is 0 Å². The molecule has 0 aliphatic rings. The lowest BCUT2D eigenvalue weighted by Crippen LogP contribution is -2.22. The van der Waals surface area contributed by atoms with Gasteiger partial charge < -0.3 is 4.42 Å². The third kappa shape index (κ3) is 4.40. The van der Waals surface area contributed by atoms with Crippen LogP contribution in [-0.4, -0.2) is 21.1 Å². The SMILES string of the molecule is O=C(CSc1nc2ccccc2c(=O)n1-c1ccccc1)c1ccc(-c2ccc(Cl)cc2Cl)o1. The molecule has 0 aliphatic carbocycles. The van der Waals surface area contributed by atoms with E-state index in [2.05, 4.69) is 4.98 Å². The van der Waals surface area contributed by atoms with Gasteiger partial charge in [-0.15, -0.1) is 0 Å². The fraction of sp³-hybridized carbons (Fsp3) is 0.0385. The van der Waals surface area contributed by atoms with Gasteiger partial charge in [-0.3, -0.25) is 14.2 Å². The summed E-state index contributed by atoms with van der Waals surface area (Å²) < 4.78 is 7.30. The van der Waals surface area contributed by atoms with Gasteiger partial charge in [-0.1, -0.05) is 65.3 Å². The van der Waals surface area contributed by atoms with Crippen LogP contribution in [0, 0.1) is 0 Å². The number of carbonyl (C=O) groups excluding carboxylic acids is 1. The Kier molecular flexibility index (Phi) is 6.28. The van der Waals surface area contributed by atoms with Gasteiger partial charge in [0.1, 0.15) is 5.76 Å². The molecule has 0 saturated heterocycles. The number of hydrogen-bond acceptors (Lipinski definition) is 5. The highest BCUT2D eigenvalue weighted by atomic mass is 35.5. The van der Waals surface area contributed by atoms with E-state index in [0.29, 0.717) is 43.1 Å². The van der Waals surface area contributed by atoms with Crippen LogP contribution in [0.4, 0.5) is 0 Å². The number of nitrogens with zero attached hydrogens (tertiary/aromatic N) is 2. The van der Waals surface area contributed by atoms with Crippen LogP contribution in [0.25, 0.3) is 27.9 Å². The maximum Gasteiger partial charge on any atom is 0.266 e. The molecule has 0 fully saturated rings. The van der Waals surface area contributed by atoms with Gasteiger partial charge >= 0.3 is 0 Å². The molecule has 5 rings (SSSR count). The number of carbonyl (C=O) groups is 1. The Morgan fingerprint density at radius 3 is 2.50 bits per heavy atom. The molecule has 0 amide bonds. The van der Waals surface area contributed by atoms with Crippen molar-refractivity contribution >= 4 is 51.6 Å². The van der Waals surface area contributed by atoms with E-state index in [4.69, 9.17) is 27.6 Å². The standard InChI is InChI=1S/C26H16Cl2N2O3S/c27-16-10-11-18(20(28)14-16)23-12-13-24(33-23)22(31)15-34-26-29-21-9-5-4-8-19(21)25(32)30(26)17-6-2-1-3-7-17/h1-14H,15H2. The number of furan rings is 1. The number of ketones is 1. The van der Waals surface area contributed by atoms with Crippen LogP contribution in [-0.2, 0) is 0 Å². The lowest BCUT2D eigenvalue weighted by atomic mass is 10.2. The second-order valence-electron chi connectivity index (χ2n) is 7.39. The van der Waals surface area contributed by atoms with Crippen molar-refractivity contribution in [3.63, 3.8) is 0 Å². The van der Waals surface area contributed by atoms with Crippen LogP contribution in [0.3, 0.4) is 0 Å². The zero-order chi connectivity index (χ0) is 23.7. The second kappa shape index (κ2) is 9.50. The summed E-state index contributed by atoms with van der Waals surface area (Å²) in [5.41, 5.74) is 1.71. The first-order valence-corrected chi connectivity index (χ1v) is 12.0. The number of Topliss-reactive ketones (excluding diaryl/α,β-unsaturated/α-hetero) is 1. The molecule has 2 aromatic heterocycles. The summed E-state index contributed by atoms with van der Waals surface area (Å²) >= 11 is 13.4. The van der Waals surface area contributed by atoms with Crippen molar-refractivity contribution in [3.8, 4) is 17.0 Å². The van der Waals surface area contributed by atoms with E-state index >= 15 is 0 Å². The van der Waals surface area contributed by atoms with Gasteiger partial charge in [0.25, 0.3) is 5.56 Å². The minimum atomic E-state index is -0.233. The summed E-state index contributed by atoms with van der Waals surface area (Å²) in [5, 5.41) is 1.89. The van der Waals surface area contributed by atoms with E-state index in [-0.39, 0.29) is 22.9 Å². The van der Waals surface area contributed by atoms with Gasteiger partial charge in [-0.2, -0.15) is 0 Å². The first kappa shape index (κ1) is 22.5. The summed E-state index contributed by atoms with van der Waals surface area (Å²) in [6, 6.07) is 24.8. The summed E-state index contributed by atoms with van der Waals surface area (Å²) in [6.07, 6.45) is 0. The normalized spacial score (nSPS) is 11.1. The highest BCUT2D eigenvalue weighted by molar-refractivity contribution is 7.99. The first-order valence-electron chi connectivity index (χ1n) is 10.3. The van der Waals surface area contributed by atoms with E-state index in [9.17, 15) is 9.59 Å². The summed E-state index contributed by atoms with van der Waals surface area (Å²) in [5.74, 6) is 0.477. The number of thioether (sulfide) groups is 1. The number of benzene rings is 3. The van der Waals surface area contributed by atoms with Crippen molar-refractivity contribution in [3.05, 3.63) is 111 Å². The molecule has 0 spiro atoms. The van der Waals surface area contributed by atoms with Crippen LogP contribution in [0.5, 0.6) is 0 Å². The van der Waals surface area contributed by atoms with E-state index in [1.165, 1.54) is 16.3 Å². The topological polar surface area (TPSA) is 65.1 Å². The molecule has 3 aromatic carbocycles. The molecular weight excluding hydrogens is 491 g/mol. The Morgan fingerprint density at radius 2 is 1.71 bits per heavy atom. The molecule has 0 saturated carbocycles. The molecule has 0 aliphatic heterocycles. The van der Waals surface area contributed by atoms with Crippen LogP contribution in [0.2, 0.25) is 10.0 Å². The predicted octanol–water partition coefficient (Wildman–Crippen LogP) is 6.93. The van der Waals surface area contributed by atoms with Crippen LogP contribution < -0.4 is 5.56 Å². The van der Waals surface area contributed by atoms with Crippen LogP contribution in [0.15, 0.2) is 99.3 Å². The van der Waals surface area contributed by atoms with Crippen LogP contribution >= 0.6 is 35.0 Å². The molecular formula is C26H16Cl2N2O3S. The Bertz CT molecular complexity index is 1580. The largest absolute Gasteiger partial charge is 0.453 e. The van der Waals surface area contributed by atoms with E-state index in [1.807, 2.05) is 36.4 Å². The van der Waals surface area contributed by atoms with Crippen molar-refractivity contribution in [2.24, 2.45) is 0 Å².